The van der Waals surface area contributed by atoms with Crippen LogP contribution in [0.15, 0.2) is 24.3 Å². The number of hydrogen-bond acceptors (Lipinski definition) is 2. The van der Waals surface area contributed by atoms with E-state index in [1.54, 1.807) is 0 Å². The van der Waals surface area contributed by atoms with Crippen LogP contribution in [0.5, 0.6) is 0 Å². The van der Waals surface area contributed by atoms with E-state index in [1.807, 2.05) is 24.3 Å². The van der Waals surface area contributed by atoms with E-state index in [-0.39, 0.29) is 6.15 Å². The minimum Gasteiger partial charge on any atom is -0.344 e. The minimum atomic E-state index is 0. The average molecular weight is 213 g/mol. The Bertz CT molecular complexity index is 248. The summed E-state index contributed by atoms with van der Waals surface area (Å²) in [5.41, 5.74) is 1.91. The molecule has 0 spiro atoms. The molecule has 0 saturated carbocycles. The average Bonchev–Trinajstić information content (AvgIpc) is 2.05. The third kappa shape index (κ3) is 2.71. The van der Waals surface area contributed by atoms with Crippen LogP contribution in [0, 0.1) is 11.3 Å². The van der Waals surface area contributed by atoms with Gasteiger partial charge in [-0.3, -0.25) is 0 Å². The van der Waals surface area contributed by atoms with Crippen molar-refractivity contribution in [3.63, 3.8) is 0 Å². The number of halogens is 1. The van der Waals surface area contributed by atoms with Gasteiger partial charge in [0.15, 0.2) is 0 Å². The number of hydrogen-bond donors (Lipinski definition) is 1. The second-order valence-corrected chi connectivity index (χ2v) is 2.50. The lowest BCUT2D eigenvalue weighted by Gasteiger charge is -1.92. The highest BCUT2D eigenvalue weighted by molar-refractivity contribution is 9.08. The van der Waals surface area contributed by atoms with Gasteiger partial charge in [0, 0.05) is 5.33 Å². The zero-order chi connectivity index (χ0) is 7.40. The fourth-order valence-electron chi connectivity index (χ4n) is 0.668. The van der Waals surface area contributed by atoms with Gasteiger partial charge in [-0.05, 0) is 17.7 Å². The maximum Gasteiger partial charge on any atom is 0.0991 e. The Hall–Kier alpha value is -0.850. The molecule has 0 atom stereocenters. The Morgan fingerprint density at radius 3 is 2.18 bits per heavy atom. The fourth-order valence-corrected chi connectivity index (χ4v) is 1.04. The first kappa shape index (κ1) is 10.2. The molecule has 0 aromatic heterocycles. The molecule has 0 fully saturated rings. The molecule has 3 heteroatoms. The Morgan fingerprint density at radius 1 is 1.27 bits per heavy atom. The number of nitriles is 1. The second-order valence-electron chi connectivity index (χ2n) is 1.94. The summed E-state index contributed by atoms with van der Waals surface area (Å²) in [5.74, 6) is 0. The highest BCUT2D eigenvalue weighted by Crippen LogP contribution is 2.06. The van der Waals surface area contributed by atoms with Crippen LogP contribution >= 0.6 is 15.9 Å². The first-order valence-corrected chi connectivity index (χ1v) is 4.04. The van der Waals surface area contributed by atoms with Crippen LogP contribution in [0.25, 0.3) is 0 Å². The van der Waals surface area contributed by atoms with Crippen LogP contribution in [0.2, 0.25) is 0 Å². The zero-order valence-corrected chi connectivity index (χ0v) is 7.63. The Labute approximate surface area is 74.6 Å². The normalized spacial score (nSPS) is 8.00. The van der Waals surface area contributed by atoms with Gasteiger partial charge in [-0.15, -0.1) is 0 Å². The molecule has 0 heterocycles. The van der Waals surface area contributed by atoms with Crippen LogP contribution in [-0.4, -0.2) is 0 Å². The predicted octanol–water partition coefficient (Wildman–Crippen LogP) is 2.62. The van der Waals surface area contributed by atoms with E-state index < -0.39 is 0 Å². The van der Waals surface area contributed by atoms with Crippen LogP contribution in [-0.2, 0) is 5.33 Å². The van der Waals surface area contributed by atoms with E-state index in [2.05, 4.69) is 22.0 Å². The molecule has 0 saturated heterocycles. The first-order valence-electron chi connectivity index (χ1n) is 2.92. The molecule has 0 amide bonds. The first-order chi connectivity index (χ1) is 4.86. The van der Waals surface area contributed by atoms with Gasteiger partial charge in [-0.2, -0.15) is 5.26 Å². The maximum atomic E-state index is 8.44. The second kappa shape index (κ2) is 4.89. The molecule has 0 aliphatic heterocycles. The number of benzene rings is 1. The Balaban J connectivity index is 0.000001000. The monoisotopic (exact) mass is 212 g/mol. The van der Waals surface area contributed by atoms with Gasteiger partial charge in [0.25, 0.3) is 0 Å². The third-order valence-corrected chi connectivity index (χ3v) is 1.88. The van der Waals surface area contributed by atoms with Crippen molar-refractivity contribution in [1.82, 2.24) is 6.15 Å². The summed E-state index contributed by atoms with van der Waals surface area (Å²) < 4.78 is 0. The molecular weight excluding hydrogens is 204 g/mol. The molecule has 11 heavy (non-hydrogen) atoms. The van der Waals surface area contributed by atoms with Gasteiger partial charge >= 0.3 is 0 Å². The van der Waals surface area contributed by atoms with Crippen molar-refractivity contribution in [3.8, 4) is 6.07 Å². The minimum absolute atomic E-state index is 0. The van der Waals surface area contributed by atoms with E-state index in [1.165, 1.54) is 5.56 Å². The predicted molar refractivity (Wildman–Crippen MR) is 48.8 cm³/mol. The van der Waals surface area contributed by atoms with Gasteiger partial charge in [0.1, 0.15) is 0 Å². The molecule has 0 unspecified atom stereocenters. The van der Waals surface area contributed by atoms with E-state index in [4.69, 9.17) is 5.26 Å². The molecule has 1 aromatic rings. The molecule has 1 aromatic carbocycles. The topological polar surface area (TPSA) is 58.8 Å². The van der Waals surface area contributed by atoms with E-state index >= 15 is 0 Å². The van der Waals surface area contributed by atoms with Gasteiger partial charge in [0.05, 0.1) is 11.6 Å². The molecule has 58 valence electrons. The quantitative estimate of drug-likeness (QED) is 0.729. The van der Waals surface area contributed by atoms with E-state index in [9.17, 15) is 0 Å². The maximum absolute atomic E-state index is 8.44. The summed E-state index contributed by atoms with van der Waals surface area (Å²) in [4.78, 5) is 0. The van der Waals surface area contributed by atoms with Gasteiger partial charge in [-0.1, -0.05) is 28.1 Å². The van der Waals surface area contributed by atoms with Crippen molar-refractivity contribution < 1.29 is 0 Å². The van der Waals surface area contributed by atoms with Crippen LogP contribution in [0.4, 0.5) is 0 Å². The van der Waals surface area contributed by atoms with Gasteiger partial charge < -0.3 is 6.15 Å². The zero-order valence-electron chi connectivity index (χ0n) is 6.05. The van der Waals surface area contributed by atoms with Crippen molar-refractivity contribution >= 4 is 15.9 Å². The molecule has 0 bridgehead atoms. The van der Waals surface area contributed by atoms with Crippen molar-refractivity contribution in [1.29, 1.82) is 5.26 Å². The SMILES string of the molecule is N.N#Cc1ccc(CBr)cc1. The molecular formula is C8H9BrN2. The Kier molecular flexibility index (Phi) is 4.51. The third-order valence-electron chi connectivity index (χ3n) is 1.24. The van der Waals surface area contributed by atoms with Crippen molar-refractivity contribution in [3.05, 3.63) is 35.4 Å². The summed E-state index contributed by atoms with van der Waals surface area (Å²) in [6, 6.07) is 9.57. The van der Waals surface area contributed by atoms with Crippen molar-refractivity contribution in [2.24, 2.45) is 0 Å². The summed E-state index contributed by atoms with van der Waals surface area (Å²) in [6.45, 7) is 0. The standard InChI is InChI=1S/C8H6BrN.H3N/c9-5-7-1-3-8(6-10)4-2-7;/h1-4H,5H2;1H3. The van der Waals surface area contributed by atoms with Crippen LogP contribution in [0.3, 0.4) is 0 Å². The number of alkyl halides is 1. The molecule has 2 nitrogen and oxygen atoms in total. The molecule has 1 rings (SSSR count). The number of rotatable bonds is 1. The summed E-state index contributed by atoms with van der Waals surface area (Å²) >= 11 is 3.32. The largest absolute Gasteiger partial charge is 0.344 e. The number of nitrogens with zero attached hydrogens (tertiary/aromatic N) is 1. The summed E-state index contributed by atoms with van der Waals surface area (Å²) in [6.07, 6.45) is 0. The molecule has 0 aliphatic carbocycles. The van der Waals surface area contributed by atoms with Crippen LogP contribution < -0.4 is 6.15 Å². The summed E-state index contributed by atoms with van der Waals surface area (Å²) in [7, 11) is 0. The summed E-state index contributed by atoms with van der Waals surface area (Å²) in [5, 5.41) is 9.29. The lowest BCUT2D eigenvalue weighted by molar-refractivity contribution is 1.41. The van der Waals surface area contributed by atoms with Crippen molar-refractivity contribution in [2.45, 2.75) is 5.33 Å². The molecule has 0 aliphatic rings. The Morgan fingerprint density at radius 2 is 1.82 bits per heavy atom. The molecule has 3 N–H and O–H groups in total. The van der Waals surface area contributed by atoms with Gasteiger partial charge in [0.2, 0.25) is 0 Å². The van der Waals surface area contributed by atoms with Crippen LogP contribution in [0.1, 0.15) is 11.1 Å². The van der Waals surface area contributed by atoms with E-state index in [0.717, 1.165) is 5.33 Å². The lowest BCUT2D eigenvalue weighted by atomic mass is 10.2. The molecule has 0 radical (unpaired) electrons. The highest BCUT2D eigenvalue weighted by Gasteiger charge is 1.89. The highest BCUT2D eigenvalue weighted by atomic mass is 79.9. The van der Waals surface area contributed by atoms with Gasteiger partial charge in [-0.25, -0.2) is 0 Å². The lowest BCUT2D eigenvalue weighted by Crippen LogP contribution is -1.76. The van der Waals surface area contributed by atoms with Crippen molar-refractivity contribution in [2.75, 3.05) is 0 Å². The van der Waals surface area contributed by atoms with E-state index in [0.29, 0.717) is 5.56 Å². The smallest absolute Gasteiger partial charge is 0.0991 e. The fraction of sp³-hybridized carbons (Fsp3) is 0.125.